The van der Waals surface area contributed by atoms with E-state index in [0.717, 1.165) is 16.8 Å². The van der Waals surface area contributed by atoms with Crippen molar-refractivity contribution in [1.82, 2.24) is 19.7 Å². The first-order chi connectivity index (χ1) is 15.4. The predicted molar refractivity (Wildman–Crippen MR) is 121 cm³/mol. The highest BCUT2D eigenvalue weighted by atomic mass is 35.5. The van der Waals surface area contributed by atoms with Crippen molar-refractivity contribution in [1.29, 1.82) is 0 Å². The summed E-state index contributed by atoms with van der Waals surface area (Å²) in [5.74, 6) is 0.624. The first-order valence-electron chi connectivity index (χ1n) is 10.4. The second-order valence-electron chi connectivity index (χ2n) is 7.79. The lowest BCUT2D eigenvalue weighted by Crippen LogP contribution is -2.24. The second kappa shape index (κ2) is 7.87. The predicted octanol–water partition coefficient (Wildman–Crippen LogP) is 3.95. The van der Waals surface area contributed by atoms with Crippen LogP contribution in [0.1, 0.15) is 30.8 Å². The number of anilines is 1. The van der Waals surface area contributed by atoms with Gasteiger partial charge in [-0.3, -0.25) is 9.59 Å². The summed E-state index contributed by atoms with van der Waals surface area (Å²) < 4.78 is 7.21. The number of aromatic nitrogens is 4. The Morgan fingerprint density at radius 3 is 2.78 bits per heavy atom. The average molecular weight is 450 g/mol. The van der Waals surface area contributed by atoms with Gasteiger partial charge in [0.15, 0.2) is 0 Å². The molecule has 8 nitrogen and oxygen atoms in total. The maximum absolute atomic E-state index is 12.6. The summed E-state index contributed by atoms with van der Waals surface area (Å²) in [5.41, 5.74) is 3.28. The Hall–Kier alpha value is -3.52. The van der Waals surface area contributed by atoms with Gasteiger partial charge in [0.1, 0.15) is 5.69 Å². The van der Waals surface area contributed by atoms with Gasteiger partial charge in [-0.1, -0.05) is 22.8 Å². The minimum absolute atomic E-state index is 0.0140. The molecule has 0 saturated carbocycles. The number of benzene rings is 2. The minimum Gasteiger partial charge on any atom is -0.339 e. The van der Waals surface area contributed by atoms with Gasteiger partial charge in [0.25, 0.3) is 5.56 Å². The van der Waals surface area contributed by atoms with Crippen molar-refractivity contribution in [2.75, 3.05) is 11.4 Å². The van der Waals surface area contributed by atoms with Crippen molar-refractivity contribution >= 4 is 34.2 Å². The number of carbonyl (C=O) groups is 1. The molecule has 0 bridgehead atoms. The molecule has 1 saturated heterocycles. The normalized spacial score (nSPS) is 16.3. The smallest absolute Gasteiger partial charge is 0.272 e. The molecule has 1 aliphatic heterocycles. The maximum atomic E-state index is 12.6. The van der Waals surface area contributed by atoms with E-state index in [4.69, 9.17) is 16.1 Å². The molecule has 1 atom stereocenters. The first-order valence-corrected chi connectivity index (χ1v) is 10.7. The van der Waals surface area contributed by atoms with Crippen molar-refractivity contribution in [2.24, 2.45) is 0 Å². The molecule has 0 radical (unpaired) electrons. The van der Waals surface area contributed by atoms with Crippen molar-refractivity contribution < 1.29 is 9.32 Å². The molecule has 3 heterocycles. The van der Waals surface area contributed by atoms with Crippen LogP contribution in [0.3, 0.4) is 0 Å². The first kappa shape index (κ1) is 20.4. The van der Waals surface area contributed by atoms with Crippen LogP contribution in [0.15, 0.2) is 51.8 Å². The molecule has 2 aromatic heterocycles. The molecule has 0 spiro atoms. The molecule has 1 amide bonds. The van der Waals surface area contributed by atoms with E-state index in [1.54, 1.807) is 28.5 Å². The van der Waals surface area contributed by atoms with Crippen LogP contribution in [0.25, 0.3) is 22.4 Å². The number of nitrogens with zero attached hydrogens (tertiary/aromatic N) is 5. The summed E-state index contributed by atoms with van der Waals surface area (Å²) in [6.07, 6.45) is 0.287. The maximum Gasteiger partial charge on any atom is 0.272 e. The number of aryl methyl sites for hydroxylation is 2. The zero-order valence-corrected chi connectivity index (χ0v) is 18.3. The van der Waals surface area contributed by atoms with E-state index >= 15 is 0 Å². The van der Waals surface area contributed by atoms with Gasteiger partial charge in [-0.15, -0.1) is 0 Å². The Morgan fingerprint density at radius 1 is 1.16 bits per heavy atom. The number of amides is 1. The van der Waals surface area contributed by atoms with E-state index < -0.39 is 0 Å². The average Bonchev–Trinajstić information content (AvgIpc) is 3.41. The van der Waals surface area contributed by atoms with E-state index in [2.05, 4.69) is 15.1 Å². The van der Waals surface area contributed by atoms with Crippen LogP contribution < -0.4 is 10.5 Å². The van der Waals surface area contributed by atoms with Gasteiger partial charge in [-0.25, -0.2) is 4.98 Å². The Morgan fingerprint density at radius 2 is 2.00 bits per heavy atom. The third kappa shape index (κ3) is 3.46. The van der Waals surface area contributed by atoms with Crippen molar-refractivity contribution in [3.63, 3.8) is 0 Å². The fourth-order valence-corrected chi connectivity index (χ4v) is 4.30. The summed E-state index contributed by atoms with van der Waals surface area (Å²) in [6.45, 7) is 4.64. The SMILES string of the molecule is CCn1c(=O)c(C)nc2cc(-c3noc(C4CC(=O)N(c5cccc(Cl)c5)C4)n3)ccc21. The Bertz CT molecular complexity index is 1410. The summed E-state index contributed by atoms with van der Waals surface area (Å²) >= 11 is 6.07. The van der Waals surface area contributed by atoms with Gasteiger partial charge in [0, 0.05) is 35.8 Å². The molecular formula is C23H20ClN5O3. The van der Waals surface area contributed by atoms with Crippen LogP contribution >= 0.6 is 11.6 Å². The fourth-order valence-electron chi connectivity index (χ4n) is 4.11. The van der Waals surface area contributed by atoms with Crippen molar-refractivity contribution in [3.05, 3.63) is 69.4 Å². The van der Waals surface area contributed by atoms with Crippen LogP contribution in [0, 0.1) is 6.92 Å². The summed E-state index contributed by atoms with van der Waals surface area (Å²) in [7, 11) is 0. The molecule has 0 aliphatic carbocycles. The Kier molecular flexibility index (Phi) is 5.01. The monoisotopic (exact) mass is 449 g/mol. The largest absolute Gasteiger partial charge is 0.339 e. The van der Waals surface area contributed by atoms with E-state index in [-0.39, 0.29) is 23.8 Å². The molecular weight excluding hydrogens is 430 g/mol. The zero-order chi connectivity index (χ0) is 22.4. The summed E-state index contributed by atoms with van der Waals surface area (Å²) in [5, 5.41) is 4.70. The molecule has 32 heavy (non-hydrogen) atoms. The molecule has 4 aromatic rings. The van der Waals surface area contributed by atoms with Crippen LogP contribution in [-0.2, 0) is 11.3 Å². The molecule has 1 fully saturated rings. The van der Waals surface area contributed by atoms with Crippen LogP contribution in [-0.4, -0.2) is 32.1 Å². The van der Waals surface area contributed by atoms with Gasteiger partial charge in [-0.05, 0) is 50.2 Å². The summed E-state index contributed by atoms with van der Waals surface area (Å²) in [6, 6.07) is 12.7. The van der Waals surface area contributed by atoms with Gasteiger partial charge in [0.05, 0.1) is 17.0 Å². The van der Waals surface area contributed by atoms with E-state index in [1.807, 2.05) is 37.3 Å². The van der Waals surface area contributed by atoms with Gasteiger partial charge in [0.2, 0.25) is 17.6 Å². The molecule has 1 unspecified atom stereocenters. The Labute approximate surface area is 188 Å². The topological polar surface area (TPSA) is 94.1 Å². The lowest BCUT2D eigenvalue weighted by molar-refractivity contribution is -0.117. The molecule has 0 N–H and O–H groups in total. The zero-order valence-electron chi connectivity index (χ0n) is 17.6. The van der Waals surface area contributed by atoms with Crippen LogP contribution in [0.2, 0.25) is 5.02 Å². The number of fused-ring (bicyclic) bond motifs is 1. The molecule has 9 heteroatoms. The van der Waals surface area contributed by atoms with Crippen LogP contribution in [0.4, 0.5) is 5.69 Å². The fraction of sp³-hybridized carbons (Fsp3) is 0.261. The van der Waals surface area contributed by atoms with Crippen molar-refractivity contribution in [2.45, 2.75) is 32.7 Å². The lowest BCUT2D eigenvalue weighted by atomic mass is 10.1. The van der Waals surface area contributed by atoms with Gasteiger partial charge >= 0.3 is 0 Å². The van der Waals surface area contributed by atoms with Crippen LogP contribution in [0.5, 0.6) is 0 Å². The van der Waals surface area contributed by atoms with Gasteiger partial charge in [-0.2, -0.15) is 4.98 Å². The van der Waals surface area contributed by atoms with Crippen molar-refractivity contribution in [3.8, 4) is 11.4 Å². The molecule has 5 rings (SSSR count). The van der Waals surface area contributed by atoms with E-state index in [0.29, 0.717) is 41.0 Å². The number of halogens is 1. The number of hydrogen-bond acceptors (Lipinski definition) is 6. The third-order valence-corrected chi connectivity index (χ3v) is 5.95. The Balaban J connectivity index is 1.44. The summed E-state index contributed by atoms with van der Waals surface area (Å²) in [4.78, 5) is 35.6. The second-order valence-corrected chi connectivity index (χ2v) is 8.23. The number of carbonyl (C=O) groups excluding carboxylic acids is 1. The minimum atomic E-state index is -0.200. The highest BCUT2D eigenvalue weighted by Gasteiger charge is 2.35. The van der Waals surface area contributed by atoms with E-state index in [9.17, 15) is 9.59 Å². The quantitative estimate of drug-likeness (QED) is 0.468. The lowest BCUT2D eigenvalue weighted by Gasteiger charge is -2.16. The standard InChI is InChI=1S/C23H20ClN5O3/c1-3-28-19-8-7-14(9-18(19)25-13(2)23(28)31)21-26-22(32-27-21)15-10-20(30)29(12-15)17-6-4-5-16(24)11-17/h4-9,11,15H,3,10,12H2,1-2H3. The highest BCUT2D eigenvalue weighted by molar-refractivity contribution is 6.30. The van der Waals surface area contributed by atoms with E-state index in [1.165, 1.54) is 0 Å². The third-order valence-electron chi connectivity index (χ3n) is 5.72. The number of rotatable bonds is 4. The molecule has 162 valence electrons. The molecule has 2 aromatic carbocycles. The highest BCUT2D eigenvalue weighted by Crippen LogP contribution is 2.33. The molecule has 1 aliphatic rings. The van der Waals surface area contributed by atoms with Gasteiger partial charge < -0.3 is 14.0 Å². The number of hydrogen-bond donors (Lipinski definition) is 0.